The van der Waals surface area contributed by atoms with Gasteiger partial charge in [0.2, 0.25) is 0 Å². The number of carbonyl (C=O) groups is 1. The van der Waals surface area contributed by atoms with Gasteiger partial charge in [0.1, 0.15) is 6.04 Å². The summed E-state index contributed by atoms with van der Waals surface area (Å²) in [5.74, 6) is -0.901. The second kappa shape index (κ2) is 9.71. The molecule has 0 radical (unpaired) electrons. The van der Waals surface area contributed by atoms with Crippen molar-refractivity contribution in [2.24, 2.45) is 5.73 Å². The number of carboxylic acids is 1. The Morgan fingerprint density at radius 1 is 1.27 bits per heavy atom. The molecule has 0 saturated heterocycles. The third-order valence-electron chi connectivity index (χ3n) is 2.34. The van der Waals surface area contributed by atoms with Crippen LogP contribution in [0.3, 0.4) is 0 Å². The molecule has 0 aromatic heterocycles. The Balaban J connectivity index is 3.26. The molecule has 0 aromatic carbocycles. The predicted octanol–water partition coefficient (Wildman–Crippen LogP) is 2.71. The highest BCUT2D eigenvalue weighted by Gasteiger charge is 2.09. The van der Waals surface area contributed by atoms with Crippen molar-refractivity contribution in [1.29, 1.82) is 0 Å². The second-order valence-electron chi connectivity index (χ2n) is 3.84. The van der Waals surface area contributed by atoms with E-state index in [1.807, 2.05) is 0 Å². The lowest BCUT2D eigenvalue weighted by atomic mass is 10.1. The molecule has 3 nitrogen and oxygen atoms in total. The van der Waals surface area contributed by atoms with Crippen LogP contribution < -0.4 is 5.73 Å². The van der Waals surface area contributed by atoms with Gasteiger partial charge in [-0.1, -0.05) is 31.9 Å². The molecule has 15 heavy (non-hydrogen) atoms. The number of hydrogen-bond acceptors (Lipinski definition) is 2. The van der Waals surface area contributed by atoms with E-state index < -0.39 is 12.0 Å². The molecule has 0 fully saturated rings. The van der Waals surface area contributed by atoms with Crippen LogP contribution >= 0.6 is 0 Å². The van der Waals surface area contributed by atoms with E-state index in [-0.39, 0.29) is 0 Å². The molecule has 0 spiro atoms. The summed E-state index contributed by atoms with van der Waals surface area (Å²) in [6.07, 6.45) is 11.6. The zero-order valence-corrected chi connectivity index (χ0v) is 9.61. The van der Waals surface area contributed by atoms with Crippen molar-refractivity contribution in [3.05, 3.63) is 12.2 Å². The molecule has 1 unspecified atom stereocenters. The molecule has 3 heteroatoms. The van der Waals surface area contributed by atoms with Crippen molar-refractivity contribution < 1.29 is 9.90 Å². The van der Waals surface area contributed by atoms with Gasteiger partial charge < -0.3 is 10.8 Å². The minimum absolute atomic E-state index is 0.564. The van der Waals surface area contributed by atoms with Crippen LogP contribution in [-0.2, 0) is 4.79 Å². The molecule has 0 aliphatic heterocycles. The first-order valence-electron chi connectivity index (χ1n) is 5.81. The van der Waals surface area contributed by atoms with Crippen molar-refractivity contribution in [3.8, 4) is 0 Å². The molecule has 0 aliphatic carbocycles. The summed E-state index contributed by atoms with van der Waals surface area (Å²) in [6.45, 7) is 2.19. The highest BCUT2D eigenvalue weighted by molar-refractivity contribution is 5.72. The minimum atomic E-state index is -0.901. The zero-order chi connectivity index (χ0) is 11.5. The number of rotatable bonds is 9. The lowest BCUT2D eigenvalue weighted by Gasteiger charge is -2.03. The summed E-state index contributed by atoms with van der Waals surface area (Å²) in [6, 6.07) is -0.696. The van der Waals surface area contributed by atoms with Crippen LogP contribution in [0.4, 0.5) is 0 Å². The molecule has 0 heterocycles. The maximum atomic E-state index is 10.4. The Morgan fingerprint density at radius 3 is 2.40 bits per heavy atom. The fraction of sp³-hybridized carbons (Fsp3) is 0.750. The van der Waals surface area contributed by atoms with E-state index in [9.17, 15) is 4.79 Å². The van der Waals surface area contributed by atoms with Gasteiger partial charge in [0.25, 0.3) is 0 Å². The first kappa shape index (κ1) is 14.2. The van der Waals surface area contributed by atoms with Gasteiger partial charge in [-0.15, -0.1) is 0 Å². The van der Waals surface area contributed by atoms with E-state index in [0.29, 0.717) is 6.42 Å². The van der Waals surface area contributed by atoms with Crippen LogP contribution in [0.15, 0.2) is 12.2 Å². The van der Waals surface area contributed by atoms with Crippen molar-refractivity contribution >= 4 is 5.97 Å². The van der Waals surface area contributed by atoms with Gasteiger partial charge in [-0.3, -0.25) is 4.79 Å². The number of aliphatic carboxylic acids is 1. The molecule has 0 saturated carbocycles. The number of nitrogens with two attached hydrogens (primary N) is 1. The molecule has 0 aromatic rings. The predicted molar refractivity (Wildman–Crippen MR) is 62.7 cm³/mol. The largest absolute Gasteiger partial charge is 0.480 e. The summed E-state index contributed by atoms with van der Waals surface area (Å²) < 4.78 is 0. The number of carboxylic acid groups (broad SMARTS) is 1. The maximum Gasteiger partial charge on any atom is 0.320 e. The summed E-state index contributed by atoms with van der Waals surface area (Å²) in [4.78, 5) is 10.4. The molecular weight excluding hydrogens is 190 g/mol. The van der Waals surface area contributed by atoms with Crippen molar-refractivity contribution in [1.82, 2.24) is 0 Å². The minimum Gasteiger partial charge on any atom is -0.480 e. The standard InChI is InChI=1S/C12H23NO2/c1-2-3-4-5-6-7-8-9-10-11(13)12(14)15/h6-7,11H,2-5,8-10,13H2,1H3,(H,14,15)/b7-6+. The molecule has 3 N–H and O–H groups in total. The fourth-order valence-electron chi connectivity index (χ4n) is 1.33. The molecule has 0 amide bonds. The van der Waals surface area contributed by atoms with Crippen molar-refractivity contribution in [3.63, 3.8) is 0 Å². The van der Waals surface area contributed by atoms with Gasteiger partial charge in [0.15, 0.2) is 0 Å². The highest BCUT2D eigenvalue weighted by Crippen LogP contribution is 2.03. The summed E-state index contributed by atoms with van der Waals surface area (Å²) in [5.41, 5.74) is 5.37. The van der Waals surface area contributed by atoms with Gasteiger partial charge >= 0.3 is 5.97 Å². The Labute approximate surface area is 92.4 Å². The van der Waals surface area contributed by atoms with Crippen LogP contribution in [0, 0.1) is 0 Å². The monoisotopic (exact) mass is 213 g/mol. The Morgan fingerprint density at radius 2 is 1.87 bits per heavy atom. The van der Waals surface area contributed by atoms with Gasteiger partial charge in [-0.2, -0.15) is 0 Å². The van der Waals surface area contributed by atoms with Gasteiger partial charge in [-0.05, 0) is 32.1 Å². The van der Waals surface area contributed by atoms with Crippen LogP contribution in [0.2, 0.25) is 0 Å². The van der Waals surface area contributed by atoms with Crippen LogP contribution in [-0.4, -0.2) is 17.1 Å². The van der Waals surface area contributed by atoms with Crippen molar-refractivity contribution in [2.45, 2.75) is 57.9 Å². The average Bonchev–Trinajstić information content (AvgIpc) is 2.21. The number of hydrogen-bond donors (Lipinski definition) is 2. The highest BCUT2D eigenvalue weighted by atomic mass is 16.4. The topological polar surface area (TPSA) is 63.3 Å². The van der Waals surface area contributed by atoms with Gasteiger partial charge in [0, 0.05) is 0 Å². The summed E-state index contributed by atoms with van der Waals surface area (Å²) in [7, 11) is 0. The van der Waals surface area contributed by atoms with E-state index in [4.69, 9.17) is 10.8 Å². The lowest BCUT2D eigenvalue weighted by Crippen LogP contribution is -2.29. The Hall–Kier alpha value is -0.830. The molecule has 0 bridgehead atoms. The Bertz CT molecular complexity index is 190. The maximum absolute atomic E-state index is 10.4. The Kier molecular flexibility index (Phi) is 9.18. The zero-order valence-electron chi connectivity index (χ0n) is 9.61. The van der Waals surface area contributed by atoms with Crippen molar-refractivity contribution in [2.75, 3.05) is 0 Å². The SMILES string of the molecule is CCCCC/C=C/CCCC(N)C(=O)O. The van der Waals surface area contributed by atoms with Gasteiger partial charge in [0.05, 0.1) is 0 Å². The molecule has 1 atom stereocenters. The molecular formula is C12H23NO2. The van der Waals surface area contributed by atoms with Crippen LogP contribution in [0.1, 0.15) is 51.9 Å². The molecule has 0 rings (SSSR count). The normalized spacial score (nSPS) is 13.2. The first-order chi connectivity index (χ1) is 7.18. The van der Waals surface area contributed by atoms with E-state index in [1.165, 1.54) is 19.3 Å². The van der Waals surface area contributed by atoms with E-state index in [1.54, 1.807) is 0 Å². The molecule has 88 valence electrons. The van der Waals surface area contributed by atoms with E-state index in [0.717, 1.165) is 19.3 Å². The smallest absolute Gasteiger partial charge is 0.320 e. The first-order valence-corrected chi connectivity index (χ1v) is 5.81. The van der Waals surface area contributed by atoms with Crippen LogP contribution in [0.25, 0.3) is 0 Å². The van der Waals surface area contributed by atoms with E-state index >= 15 is 0 Å². The van der Waals surface area contributed by atoms with E-state index in [2.05, 4.69) is 19.1 Å². The average molecular weight is 213 g/mol. The fourth-order valence-corrected chi connectivity index (χ4v) is 1.33. The number of unbranched alkanes of at least 4 members (excludes halogenated alkanes) is 4. The third-order valence-corrected chi connectivity index (χ3v) is 2.34. The van der Waals surface area contributed by atoms with Crippen LogP contribution in [0.5, 0.6) is 0 Å². The third kappa shape index (κ3) is 9.47. The summed E-state index contributed by atoms with van der Waals surface area (Å²) in [5, 5.41) is 8.54. The summed E-state index contributed by atoms with van der Waals surface area (Å²) >= 11 is 0. The lowest BCUT2D eigenvalue weighted by molar-refractivity contribution is -0.138. The van der Waals surface area contributed by atoms with Gasteiger partial charge in [-0.25, -0.2) is 0 Å². The second-order valence-corrected chi connectivity index (χ2v) is 3.84. The number of allylic oxidation sites excluding steroid dienone is 2. The quantitative estimate of drug-likeness (QED) is 0.457. The molecule has 0 aliphatic rings.